The molecule has 7 nitrogen and oxygen atoms in total. The number of aryl methyl sites for hydroxylation is 1. The fourth-order valence-corrected chi connectivity index (χ4v) is 2.71. The van der Waals surface area contributed by atoms with Gasteiger partial charge in [-0.2, -0.15) is 0 Å². The van der Waals surface area contributed by atoms with E-state index in [9.17, 15) is 14.4 Å². The zero-order chi connectivity index (χ0) is 18.7. The number of carboxylic acids is 1. The number of carboxylic acid groups (broad SMARTS) is 1. The largest absolute Gasteiger partial charge is 0.481 e. The predicted molar refractivity (Wildman–Crippen MR) is 95.3 cm³/mol. The van der Waals surface area contributed by atoms with Crippen molar-refractivity contribution in [3.8, 4) is 5.75 Å². The van der Waals surface area contributed by atoms with Gasteiger partial charge in [0, 0.05) is 5.69 Å². The molecule has 1 aliphatic heterocycles. The summed E-state index contributed by atoms with van der Waals surface area (Å²) < 4.78 is 5.49. The number of carbonyl (C=O) groups is 3. The van der Waals surface area contributed by atoms with Crippen LogP contribution < -0.4 is 15.0 Å². The Morgan fingerprint density at radius 1 is 1.15 bits per heavy atom. The summed E-state index contributed by atoms with van der Waals surface area (Å²) in [6, 6.07) is 14.0. The number of ether oxygens (including phenoxy) is 1. The number of anilines is 2. The second-order valence-electron chi connectivity index (χ2n) is 6.01. The second-order valence-corrected chi connectivity index (χ2v) is 6.01. The highest BCUT2D eigenvalue weighted by atomic mass is 16.5. The Labute approximate surface area is 150 Å². The van der Waals surface area contributed by atoms with Gasteiger partial charge in [-0.15, -0.1) is 0 Å². The van der Waals surface area contributed by atoms with Gasteiger partial charge in [0.15, 0.2) is 6.10 Å². The number of benzene rings is 2. The van der Waals surface area contributed by atoms with E-state index in [-0.39, 0.29) is 12.5 Å². The number of aliphatic carboxylic acids is 1. The number of nitrogens with zero attached hydrogens (tertiary/aromatic N) is 1. The van der Waals surface area contributed by atoms with Crippen molar-refractivity contribution in [3.05, 3.63) is 54.1 Å². The average molecular weight is 354 g/mol. The van der Waals surface area contributed by atoms with Crippen LogP contribution in [0.4, 0.5) is 11.4 Å². The first-order valence-electron chi connectivity index (χ1n) is 8.09. The number of carbonyl (C=O) groups excluding carboxylic acids is 2. The first-order chi connectivity index (χ1) is 12.4. The topological polar surface area (TPSA) is 95.9 Å². The Morgan fingerprint density at radius 3 is 2.54 bits per heavy atom. The fourth-order valence-electron chi connectivity index (χ4n) is 2.71. The van der Waals surface area contributed by atoms with Gasteiger partial charge >= 0.3 is 5.97 Å². The highest BCUT2D eigenvalue weighted by molar-refractivity contribution is 6.07. The molecule has 0 radical (unpaired) electrons. The Morgan fingerprint density at radius 2 is 1.85 bits per heavy atom. The number of para-hydroxylation sites is 2. The summed E-state index contributed by atoms with van der Waals surface area (Å²) in [6.07, 6.45) is -1.63. The van der Waals surface area contributed by atoms with Gasteiger partial charge in [0.2, 0.25) is 5.91 Å². The average Bonchev–Trinajstić information content (AvgIpc) is 2.60. The maximum absolute atomic E-state index is 12.6. The number of nitrogens with one attached hydrogen (secondary N) is 1. The lowest BCUT2D eigenvalue weighted by molar-refractivity contribution is -0.142. The standard InChI is InChI=1S/C19H18N2O5/c1-12-6-8-13(9-7-12)20-17(22)11-21-14-4-2-3-5-15(14)26-16(19(21)25)10-18(23)24/h2-9,16H,10-11H2,1H3,(H,20,22)(H,23,24). The van der Waals surface area contributed by atoms with Gasteiger partial charge in [-0.1, -0.05) is 29.8 Å². The quantitative estimate of drug-likeness (QED) is 0.858. The van der Waals surface area contributed by atoms with Crippen molar-refractivity contribution < 1.29 is 24.2 Å². The molecule has 26 heavy (non-hydrogen) atoms. The Kier molecular flexibility index (Phi) is 4.88. The second kappa shape index (κ2) is 7.26. The summed E-state index contributed by atoms with van der Waals surface area (Å²) in [4.78, 5) is 37.3. The molecule has 0 aliphatic carbocycles. The molecule has 2 aromatic carbocycles. The van der Waals surface area contributed by atoms with Crippen LogP contribution in [0.15, 0.2) is 48.5 Å². The lowest BCUT2D eigenvalue weighted by atomic mass is 10.1. The molecule has 1 atom stereocenters. The zero-order valence-electron chi connectivity index (χ0n) is 14.1. The molecule has 0 saturated carbocycles. The van der Waals surface area contributed by atoms with Gasteiger partial charge < -0.3 is 15.2 Å². The zero-order valence-corrected chi connectivity index (χ0v) is 14.1. The number of hydrogen-bond donors (Lipinski definition) is 2. The van der Waals surface area contributed by atoms with Crippen molar-refractivity contribution >= 4 is 29.2 Å². The summed E-state index contributed by atoms with van der Waals surface area (Å²) in [7, 11) is 0. The minimum atomic E-state index is -1.16. The Bertz CT molecular complexity index is 847. The first kappa shape index (κ1) is 17.5. The molecule has 2 aromatic rings. The smallest absolute Gasteiger partial charge is 0.307 e. The SMILES string of the molecule is Cc1ccc(NC(=O)CN2C(=O)C(CC(=O)O)Oc3ccccc32)cc1. The monoisotopic (exact) mass is 354 g/mol. The van der Waals surface area contributed by atoms with Gasteiger partial charge in [0.05, 0.1) is 12.1 Å². The molecular weight excluding hydrogens is 336 g/mol. The van der Waals surface area contributed by atoms with Crippen LogP contribution in [0.3, 0.4) is 0 Å². The first-order valence-corrected chi connectivity index (χ1v) is 8.09. The van der Waals surface area contributed by atoms with Crippen molar-refractivity contribution in [2.75, 3.05) is 16.8 Å². The third-order valence-corrected chi connectivity index (χ3v) is 3.96. The van der Waals surface area contributed by atoms with E-state index in [1.54, 1.807) is 36.4 Å². The van der Waals surface area contributed by atoms with Crippen molar-refractivity contribution in [2.45, 2.75) is 19.4 Å². The highest BCUT2D eigenvalue weighted by Gasteiger charge is 2.36. The van der Waals surface area contributed by atoms with Crippen LogP contribution in [0.25, 0.3) is 0 Å². The van der Waals surface area contributed by atoms with Crippen molar-refractivity contribution in [3.63, 3.8) is 0 Å². The van der Waals surface area contributed by atoms with Gasteiger partial charge in [0.1, 0.15) is 12.3 Å². The molecule has 1 unspecified atom stereocenters. The number of fused-ring (bicyclic) bond motifs is 1. The van der Waals surface area contributed by atoms with Gasteiger partial charge in [-0.05, 0) is 31.2 Å². The maximum Gasteiger partial charge on any atom is 0.307 e. The van der Waals surface area contributed by atoms with E-state index in [1.165, 1.54) is 4.90 Å². The van der Waals surface area contributed by atoms with Gasteiger partial charge in [-0.3, -0.25) is 19.3 Å². The number of hydrogen-bond acceptors (Lipinski definition) is 4. The maximum atomic E-state index is 12.6. The predicted octanol–water partition coefficient (Wildman–Crippen LogP) is 2.20. The lowest BCUT2D eigenvalue weighted by Gasteiger charge is -2.33. The van der Waals surface area contributed by atoms with Crippen molar-refractivity contribution in [1.82, 2.24) is 0 Å². The van der Waals surface area contributed by atoms with E-state index in [2.05, 4.69) is 5.32 Å². The third-order valence-electron chi connectivity index (χ3n) is 3.96. The summed E-state index contributed by atoms with van der Waals surface area (Å²) in [5.41, 5.74) is 2.13. The summed E-state index contributed by atoms with van der Waals surface area (Å²) in [5.74, 6) is -1.70. The molecule has 1 aliphatic rings. The normalized spacial score (nSPS) is 15.8. The molecule has 0 spiro atoms. The molecule has 0 aromatic heterocycles. The van der Waals surface area contributed by atoms with Crippen molar-refractivity contribution in [2.24, 2.45) is 0 Å². The van der Waals surface area contributed by atoms with Crippen molar-refractivity contribution in [1.29, 1.82) is 0 Å². The molecule has 0 bridgehead atoms. The lowest BCUT2D eigenvalue weighted by Crippen LogP contribution is -2.49. The van der Waals surface area contributed by atoms with E-state index in [0.29, 0.717) is 17.1 Å². The van der Waals surface area contributed by atoms with E-state index >= 15 is 0 Å². The molecule has 0 saturated heterocycles. The van der Waals surface area contributed by atoms with Crippen LogP contribution in [0.5, 0.6) is 5.75 Å². The molecule has 1 heterocycles. The molecule has 2 N–H and O–H groups in total. The van der Waals surface area contributed by atoms with E-state index in [4.69, 9.17) is 9.84 Å². The van der Waals surface area contributed by atoms with Crippen LogP contribution in [0, 0.1) is 6.92 Å². The van der Waals surface area contributed by atoms with Crippen LogP contribution in [-0.2, 0) is 14.4 Å². The van der Waals surface area contributed by atoms with Crippen LogP contribution >= 0.6 is 0 Å². The highest BCUT2D eigenvalue weighted by Crippen LogP contribution is 2.34. The van der Waals surface area contributed by atoms with E-state index in [1.807, 2.05) is 19.1 Å². The molecule has 134 valence electrons. The van der Waals surface area contributed by atoms with Crippen LogP contribution in [0.1, 0.15) is 12.0 Å². The summed E-state index contributed by atoms with van der Waals surface area (Å²) >= 11 is 0. The fraction of sp³-hybridized carbons (Fsp3) is 0.211. The third kappa shape index (κ3) is 3.83. The van der Waals surface area contributed by atoms with Gasteiger partial charge in [0.25, 0.3) is 5.91 Å². The number of amides is 2. The summed E-state index contributed by atoms with van der Waals surface area (Å²) in [5, 5.41) is 11.7. The minimum Gasteiger partial charge on any atom is -0.481 e. The van der Waals surface area contributed by atoms with E-state index < -0.39 is 24.4 Å². The Hall–Kier alpha value is -3.35. The minimum absolute atomic E-state index is 0.233. The van der Waals surface area contributed by atoms with Crippen LogP contribution in [0.2, 0.25) is 0 Å². The summed E-state index contributed by atoms with van der Waals surface area (Å²) in [6.45, 7) is 1.71. The molecule has 2 amide bonds. The Balaban J connectivity index is 1.79. The molecule has 3 rings (SSSR count). The molecular formula is C19H18N2O5. The van der Waals surface area contributed by atoms with Crippen LogP contribution in [-0.4, -0.2) is 35.5 Å². The number of rotatable bonds is 5. The van der Waals surface area contributed by atoms with Gasteiger partial charge in [-0.25, -0.2) is 0 Å². The van der Waals surface area contributed by atoms with E-state index in [0.717, 1.165) is 5.56 Å². The molecule has 7 heteroatoms. The molecule has 0 fully saturated rings.